The highest BCUT2D eigenvalue weighted by atomic mass is 35.5. The molecule has 2 aromatic rings. The molecule has 1 heterocycles. The Morgan fingerprint density at radius 2 is 2.36 bits per heavy atom. The van der Waals surface area contributed by atoms with Gasteiger partial charge in [-0.05, 0) is 29.8 Å². The van der Waals surface area contributed by atoms with Gasteiger partial charge >= 0.3 is 0 Å². The summed E-state index contributed by atoms with van der Waals surface area (Å²) in [4.78, 5) is 14.8. The Bertz CT molecular complexity index is 555. The molecule has 0 atom stereocenters. The van der Waals surface area contributed by atoms with Gasteiger partial charge < -0.3 is 0 Å². The Morgan fingerprint density at radius 3 is 3.00 bits per heavy atom. The fourth-order valence-electron chi connectivity index (χ4n) is 1.08. The Balaban J connectivity index is 2.67. The molecule has 0 aliphatic carbocycles. The molecule has 0 unspecified atom stereocenters. The lowest BCUT2D eigenvalue weighted by Gasteiger charge is -1.86. The molecule has 2 rings (SSSR count). The van der Waals surface area contributed by atoms with Crippen LogP contribution in [-0.2, 0) is 0 Å². The van der Waals surface area contributed by atoms with Crippen molar-refractivity contribution in [2.75, 3.05) is 0 Å². The molecule has 0 amide bonds. The fourth-order valence-corrected chi connectivity index (χ4v) is 2.07. The molecule has 0 N–H and O–H groups in total. The zero-order chi connectivity index (χ0) is 10.1. The molecule has 68 valence electrons. The number of nitriles is 1. The minimum absolute atomic E-state index is 0.261. The normalized spacial score (nSPS) is 10.0. The molecule has 0 saturated carbocycles. The lowest BCUT2D eigenvalue weighted by Crippen LogP contribution is -1.84. The molecule has 0 fully saturated rings. The van der Waals surface area contributed by atoms with Crippen molar-refractivity contribution in [3.8, 4) is 6.07 Å². The van der Waals surface area contributed by atoms with E-state index in [4.69, 9.17) is 16.9 Å². The summed E-state index contributed by atoms with van der Waals surface area (Å²) in [6.45, 7) is 0. The maximum absolute atomic E-state index is 10.8. The van der Waals surface area contributed by atoms with Crippen LogP contribution in [0.1, 0.15) is 15.4 Å². The van der Waals surface area contributed by atoms with Crippen LogP contribution in [0.25, 0.3) is 10.2 Å². The quantitative estimate of drug-likeness (QED) is 0.697. The molecular weight excluding hydrogens is 220 g/mol. The van der Waals surface area contributed by atoms with Crippen LogP contribution in [0.2, 0.25) is 0 Å². The van der Waals surface area contributed by atoms with Crippen LogP contribution in [0.4, 0.5) is 0 Å². The third-order valence-electron chi connectivity index (χ3n) is 1.69. The number of fused-ring (bicyclic) bond motifs is 1. The minimum Gasteiger partial charge on any atom is -0.273 e. The van der Waals surface area contributed by atoms with Crippen molar-refractivity contribution in [1.82, 2.24) is 4.98 Å². The molecule has 0 spiro atoms. The van der Waals surface area contributed by atoms with Crippen LogP contribution in [0.3, 0.4) is 0 Å². The molecule has 0 aliphatic heterocycles. The molecule has 0 aliphatic rings. The lowest BCUT2D eigenvalue weighted by atomic mass is 10.2. The average Bonchev–Trinajstić information content (AvgIpc) is 2.59. The molecule has 0 radical (unpaired) electrons. The molecule has 0 bridgehead atoms. The highest BCUT2D eigenvalue weighted by Gasteiger charge is 2.09. The van der Waals surface area contributed by atoms with Crippen LogP contribution in [0, 0.1) is 11.3 Å². The number of thiazole rings is 1. The summed E-state index contributed by atoms with van der Waals surface area (Å²) in [5, 5.41) is 8.35. The van der Waals surface area contributed by atoms with Crippen LogP contribution < -0.4 is 0 Å². The minimum atomic E-state index is -0.565. The molecule has 14 heavy (non-hydrogen) atoms. The van der Waals surface area contributed by atoms with E-state index in [1.807, 2.05) is 6.07 Å². The van der Waals surface area contributed by atoms with Crippen molar-refractivity contribution in [2.24, 2.45) is 0 Å². The van der Waals surface area contributed by atoms with Crippen LogP contribution in [-0.4, -0.2) is 10.2 Å². The Labute approximate surface area is 88.6 Å². The van der Waals surface area contributed by atoms with Gasteiger partial charge in [-0.3, -0.25) is 4.79 Å². The second-order valence-electron chi connectivity index (χ2n) is 2.59. The zero-order valence-electron chi connectivity index (χ0n) is 6.82. The van der Waals surface area contributed by atoms with Gasteiger partial charge in [0.15, 0.2) is 5.01 Å². The largest absolute Gasteiger partial charge is 0.281 e. The van der Waals surface area contributed by atoms with Crippen molar-refractivity contribution in [1.29, 1.82) is 5.26 Å². The SMILES string of the molecule is N#Cc1ccc2nc(C(=O)Cl)sc2c1. The van der Waals surface area contributed by atoms with Crippen molar-refractivity contribution in [3.63, 3.8) is 0 Å². The number of benzene rings is 1. The zero-order valence-corrected chi connectivity index (χ0v) is 8.39. The van der Waals surface area contributed by atoms with Crippen LogP contribution in [0.15, 0.2) is 18.2 Å². The van der Waals surface area contributed by atoms with Crippen molar-refractivity contribution >= 4 is 38.4 Å². The van der Waals surface area contributed by atoms with Gasteiger partial charge in [-0.2, -0.15) is 5.26 Å². The third-order valence-corrected chi connectivity index (χ3v) is 2.99. The Hall–Kier alpha value is -1.44. The Kier molecular flexibility index (Phi) is 2.20. The summed E-state index contributed by atoms with van der Waals surface area (Å²) in [5.41, 5.74) is 1.24. The summed E-state index contributed by atoms with van der Waals surface area (Å²) in [5.74, 6) is 0. The second-order valence-corrected chi connectivity index (χ2v) is 3.96. The van der Waals surface area contributed by atoms with Crippen LogP contribution in [0.5, 0.6) is 0 Å². The lowest BCUT2D eigenvalue weighted by molar-refractivity contribution is 0.108. The molecule has 5 heteroatoms. The van der Waals surface area contributed by atoms with Gasteiger partial charge in [0.1, 0.15) is 0 Å². The van der Waals surface area contributed by atoms with Gasteiger partial charge in [0.25, 0.3) is 5.24 Å². The average molecular weight is 223 g/mol. The number of hydrogen-bond donors (Lipinski definition) is 0. The molecule has 1 aromatic heterocycles. The van der Waals surface area contributed by atoms with Gasteiger partial charge in [-0.25, -0.2) is 4.98 Å². The van der Waals surface area contributed by atoms with E-state index in [9.17, 15) is 4.79 Å². The number of nitrogens with zero attached hydrogens (tertiary/aromatic N) is 2. The number of halogens is 1. The van der Waals surface area contributed by atoms with E-state index in [0.717, 1.165) is 4.70 Å². The number of carbonyl (C=O) groups excluding carboxylic acids is 1. The number of carbonyl (C=O) groups is 1. The van der Waals surface area contributed by atoms with Crippen molar-refractivity contribution in [2.45, 2.75) is 0 Å². The molecular formula is C9H3ClN2OS. The first-order valence-corrected chi connectivity index (χ1v) is 4.90. The predicted molar refractivity (Wildman–Crippen MR) is 54.5 cm³/mol. The highest BCUT2D eigenvalue weighted by Crippen LogP contribution is 2.23. The van der Waals surface area contributed by atoms with Gasteiger partial charge in [0, 0.05) is 0 Å². The maximum atomic E-state index is 10.8. The first-order chi connectivity index (χ1) is 6.70. The predicted octanol–water partition coefficient (Wildman–Crippen LogP) is 2.55. The van der Waals surface area contributed by atoms with Gasteiger partial charge in [0.2, 0.25) is 0 Å². The van der Waals surface area contributed by atoms with E-state index in [1.54, 1.807) is 18.2 Å². The van der Waals surface area contributed by atoms with Crippen molar-refractivity contribution < 1.29 is 4.79 Å². The van der Waals surface area contributed by atoms with E-state index < -0.39 is 5.24 Å². The maximum Gasteiger partial charge on any atom is 0.281 e. The standard InChI is InChI=1S/C9H3ClN2OS/c10-8(13)9-12-6-2-1-5(4-11)3-7(6)14-9/h1-3H. The summed E-state index contributed by atoms with van der Waals surface area (Å²) in [7, 11) is 0. The van der Waals surface area contributed by atoms with Gasteiger partial charge in [0.05, 0.1) is 21.8 Å². The highest BCUT2D eigenvalue weighted by molar-refractivity contribution is 7.21. The number of rotatable bonds is 1. The molecule has 1 aromatic carbocycles. The topological polar surface area (TPSA) is 53.8 Å². The van der Waals surface area contributed by atoms with E-state index in [1.165, 1.54) is 11.3 Å². The van der Waals surface area contributed by atoms with E-state index in [2.05, 4.69) is 4.98 Å². The van der Waals surface area contributed by atoms with Crippen molar-refractivity contribution in [3.05, 3.63) is 28.8 Å². The second kappa shape index (κ2) is 3.37. The van der Waals surface area contributed by atoms with E-state index >= 15 is 0 Å². The monoisotopic (exact) mass is 222 g/mol. The summed E-state index contributed by atoms with van der Waals surface area (Å²) < 4.78 is 0.799. The van der Waals surface area contributed by atoms with Crippen LogP contribution >= 0.6 is 22.9 Å². The smallest absolute Gasteiger partial charge is 0.273 e. The van der Waals surface area contributed by atoms with Gasteiger partial charge in [-0.15, -0.1) is 11.3 Å². The Morgan fingerprint density at radius 1 is 1.57 bits per heavy atom. The number of hydrogen-bond acceptors (Lipinski definition) is 4. The first kappa shape index (κ1) is 9.13. The van der Waals surface area contributed by atoms with E-state index in [0.29, 0.717) is 11.1 Å². The van der Waals surface area contributed by atoms with E-state index in [-0.39, 0.29) is 5.01 Å². The molecule has 0 saturated heterocycles. The number of aromatic nitrogens is 1. The fraction of sp³-hybridized carbons (Fsp3) is 0. The summed E-state index contributed by atoms with van der Waals surface area (Å²) in [6.07, 6.45) is 0. The third kappa shape index (κ3) is 1.48. The summed E-state index contributed by atoms with van der Waals surface area (Å²) >= 11 is 6.48. The molecule has 3 nitrogen and oxygen atoms in total. The summed E-state index contributed by atoms with van der Waals surface area (Å²) in [6, 6.07) is 7.07. The first-order valence-electron chi connectivity index (χ1n) is 3.71. The van der Waals surface area contributed by atoms with Gasteiger partial charge in [-0.1, -0.05) is 0 Å².